The average molecular weight is 319 g/mol. The number of nitrogens with one attached hydrogen (secondary N) is 1. The average Bonchev–Trinajstić information content (AvgIpc) is 3.09. The summed E-state index contributed by atoms with van der Waals surface area (Å²) in [5.74, 6) is 1.26. The lowest BCUT2D eigenvalue weighted by Gasteiger charge is -2.14. The van der Waals surface area contributed by atoms with Crippen LogP contribution in [0.5, 0.6) is 0 Å². The van der Waals surface area contributed by atoms with E-state index in [4.69, 9.17) is 16.1 Å². The molecule has 2 heterocycles. The van der Waals surface area contributed by atoms with Gasteiger partial charge in [-0.3, -0.25) is 4.79 Å². The normalized spacial score (nSPS) is 11.0. The number of fused-ring (bicyclic) bond motifs is 1. The Morgan fingerprint density at radius 2 is 2.23 bits per heavy atom. The van der Waals surface area contributed by atoms with Crippen LogP contribution < -0.4 is 0 Å². The molecule has 0 spiro atoms. The van der Waals surface area contributed by atoms with Crippen molar-refractivity contribution in [3.05, 3.63) is 46.6 Å². The fraction of sp³-hybridized carbons (Fsp3) is 0.267. The largest absolute Gasteiger partial charge is 0.361 e. The van der Waals surface area contributed by atoms with Crippen LogP contribution in [0.2, 0.25) is 5.02 Å². The van der Waals surface area contributed by atoms with Gasteiger partial charge in [0.15, 0.2) is 5.69 Å². The van der Waals surface area contributed by atoms with Crippen LogP contribution in [0, 0.1) is 6.92 Å². The van der Waals surface area contributed by atoms with Gasteiger partial charge in [0, 0.05) is 31.1 Å². The molecule has 0 radical (unpaired) electrons. The molecule has 7 heteroatoms. The molecular weight excluding hydrogens is 304 g/mol. The first-order valence-corrected chi connectivity index (χ1v) is 7.23. The molecule has 22 heavy (non-hydrogen) atoms. The number of likely N-dealkylation sites (N-methyl/N-ethyl adjacent to an activating group) is 1. The molecule has 0 unspecified atom stereocenters. The number of hydrogen-bond acceptors (Lipinski definition) is 4. The number of rotatable bonds is 4. The fourth-order valence-electron chi connectivity index (χ4n) is 2.19. The molecule has 0 saturated carbocycles. The third-order valence-electron chi connectivity index (χ3n) is 3.37. The van der Waals surface area contributed by atoms with Gasteiger partial charge in [-0.25, -0.2) is 4.98 Å². The maximum Gasteiger partial charge on any atom is 0.275 e. The number of nitrogens with zero attached hydrogens (tertiary/aromatic N) is 3. The van der Waals surface area contributed by atoms with Crippen molar-refractivity contribution in [3.63, 3.8) is 0 Å². The van der Waals surface area contributed by atoms with E-state index in [1.54, 1.807) is 31.0 Å². The van der Waals surface area contributed by atoms with Crippen molar-refractivity contribution in [2.75, 3.05) is 13.6 Å². The molecule has 6 nitrogen and oxygen atoms in total. The summed E-state index contributed by atoms with van der Waals surface area (Å²) in [6.07, 6.45) is 0.616. The van der Waals surface area contributed by atoms with E-state index in [-0.39, 0.29) is 5.91 Å². The predicted molar refractivity (Wildman–Crippen MR) is 83.0 cm³/mol. The second kappa shape index (κ2) is 5.81. The number of aryl methyl sites for hydroxylation is 1. The van der Waals surface area contributed by atoms with Gasteiger partial charge in [-0.05, 0) is 25.1 Å². The Morgan fingerprint density at radius 1 is 1.41 bits per heavy atom. The summed E-state index contributed by atoms with van der Waals surface area (Å²) in [6, 6.07) is 7.13. The summed E-state index contributed by atoms with van der Waals surface area (Å²) < 4.78 is 4.92. The topological polar surface area (TPSA) is 75.0 Å². The number of carbonyl (C=O) groups is 1. The van der Waals surface area contributed by atoms with Gasteiger partial charge in [-0.2, -0.15) is 0 Å². The Balaban J connectivity index is 1.66. The molecular formula is C15H15ClN4O2. The molecule has 1 aromatic carbocycles. The smallest absolute Gasteiger partial charge is 0.275 e. The summed E-state index contributed by atoms with van der Waals surface area (Å²) in [6.45, 7) is 2.28. The number of hydrogen-bond donors (Lipinski definition) is 1. The van der Waals surface area contributed by atoms with Crippen molar-refractivity contribution in [1.82, 2.24) is 20.0 Å². The number of aromatic nitrogens is 3. The number of amides is 1. The summed E-state index contributed by atoms with van der Waals surface area (Å²) >= 11 is 5.95. The van der Waals surface area contributed by atoms with E-state index >= 15 is 0 Å². The molecule has 0 aliphatic heterocycles. The van der Waals surface area contributed by atoms with E-state index in [0.717, 1.165) is 16.9 Å². The Labute approximate surface area is 132 Å². The highest BCUT2D eigenvalue weighted by molar-refractivity contribution is 6.31. The molecule has 3 aromatic rings. The van der Waals surface area contributed by atoms with Gasteiger partial charge >= 0.3 is 0 Å². The number of benzene rings is 1. The highest BCUT2D eigenvalue weighted by Gasteiger charge is 2.16. The number of carbonyl (C=O) groups excluding carboxylic acids is 1. The number of halogens is 1. The molecule has 0 bridgehead atoms. The molecule has 0 atom stereocenters. The van der Waals surface area contributed by atoms with Crippen molar-refractivity contribution in [2.24, 2.45) is 0 Å². The molecule has 114 valence electrons. The van der Waals surface area contributed by atoms with Crippen molar-refractivity contribution in [1.29, 1.82) is 0 Å². The van der Waals surface area contributed by atoms with Crippen LogP contribution in [0.1, 0.15) is 22.1 Å². The minimum Gasteiger partial charge on any atom is -0.361 e. The van der Waals surface area contributed by atoms with E-state index in [2.05, 4.69) is 15.1 Å². The van der Waals surface area contributed by atoms with Crippen molar-refractivity contribution in [2.45, 2.75) is 13.3 Å². The lowest BCUT2D eigenvalue weighted by atomic mass is 10.3. The van der Waals surface area contributed by atoms with Crippen molar-refractivity contribution < 1.29 is 9.32 Å². The molecule has 1 N–H and O–H groups in total. The maximum absolute atomic E-state index is 12.2. The molecule has 0 aliphatic carbocycles. The molecule has 3 rings (SSSR count). The van der Waals surface area contributed by atoms with Crippen LogP contribution in [0.25, 0.3) is 11.0 Å². The SMILES string of the molecule is Cc1cc(C(=O)N(C)CCc2nc3ccc(Cl)cc3[nH]2)no1. The Hall–Kier alpha value is -2.34. The predicted octanol–water partition coefficient (Wildman–Crippen LogP) is 2.83. The summed E-state index contributed by atoms with van der Waals surface area (Å²) in [4.78, 5) is 21.4. The van der Waals surface area contributed by atoms with Gasteiger partial charge in [0.25, 0.3) is 5.91 Å². The van der Waals surface area contributed by atoms with E-state index in [1.807, 2.05) is 12.1 Å². The Kier molecular flexibility index (Phi) is 3.85. The van der Waals surface area contributed by atoms with Crippen LogP contribution >= 0.6 is 11.6 Å². The zero-order valence-corrected chi connectivity index (χ0v) is 13.0. The molecule has 1 amide bonds. The van der Waals surface area contributed by atoms with Crippen LogP contribution in [0.4, 0.5) is 0 Å². The van der Waals surface area contributed by atoms with Crippen molar-refractivity contribution in [3.8, 4) is 0 Å². The van der Waals surface area contributed by atoms with E-state index < -0.39 is 0 Å². The first kappa shape index (κ1) is 14.6. The van der Waals surface area contributed by atoms with Crippen molar-refractivity contribution >= 4 is 28.5 Å². The second-order valence-electron chi connectivity index (χ2n) is 5.14. The maximum atomic E-state index is 12.2. The Morgan fingerprint density at radius 3 is 2.95 bits per heavy atom. The minimum atomic E-state index is -0.170. The summed E-state index contributed by atoms with van der Waals surface area (Å²) in [5.41, 5.74) is 2.07. The number of imidazole rings is 1. The van der Waals surface area contributed by atoms with E-state index in [0.29, 0.717) is 29.4 Å². The molecule has 2 aromatic heterocycles. The monoisotopic (exact) mass is 318 g/mol. The van der Waals surface area contributed by atoms with Gasteiger partial charge in [-0.1, -0.05) is 16.8 Å². The van der Waals surface area contributed by atoms with Crippen LogP contribution in [-0.4, -0.2) is 39.5 Å². The molecule has 0 aliphatic rings. The van der Waals surface area contributed by atoms with Crippen LogP contribution in [0.15, 0.2) is 28.8 Å². The number of aromatic amines is 1. The van der Waals surface area contributed by atoms with Crippen LogP contribution in [-0.2, 0) is 6.42 Å². The highest BCUT2D eigenvalue weighted by atomic mass is 35.5. The van der Waals surface area contributed by atoms with Gasteiger partial charge in [0.2, 0.25) is 0 Å². The number of H-pyrrole nitrogens is 1. The van der Waals surface area contributed by atoms with E-state index in [1.165, 1.54) is 0 Å². The lowest BCUT2D eigenvalue weighted by Crippen LogP contribution is -2.29. The summed E-state index contributed by atoms with van der Waals surface area (Å²) in [7, 11) is 1.73. The summed E-state index contributed by atoms with van der Waals surface area (Å²) in [5, 5.41) is 4.40. The van der Waals surface area contributed by atoms with Gasteiger partial charge in [0.1, 0.15) is 11.6 Å². The standard InChI is InChI=1S/C15H15ClN4O2/c1-9-7-13(19-22-9)15(21)20(2)6-5-14-17-11-4-3-10(16)8-12(11)18-14/h3-4,7-8H,5-6H2,1-2H3,(H,17,18). The lowest BCUT2D eigenvalue weighted by molar-refractivity contribution is 0.0786. The zero-order valence-electron chi connectivity index (χ0n) is 12.3. The molecule has 0 saturated heterocycles. The fourth-order valence-corrected chi connectivity index (χ4v) is 2.36. The Bertz CT molecular complexity index is 824. The first-order chi connectivity index (χ1) is 10.5. The third-order valence-corrected chi connectivity index (χ3v) is 3.61. The quantitative estimate of drug-likeness (QED) is 0.802. The van der Waals surface area contributed by atoms with Gasteiger partial charge < -0.3 is 14.4 Å². The second-order valence-corrected chi connectivity index (χ2v) is 5.58. The van der Waals surface area contributed by atoms with E-state index in [9.17, 15) is 4.79 Å². The first-order valence-electron chi connectivity index (χ1n) is 6.86. The third kappa shape index (κ3) is 2.96. The molecule has 0 fully saturated rings. The van der Waals surface area contributed by atoms with Crippen LogP contribution in [0.3, 0.4) is 0 Å². The minimum absolute atomic E-state index is 0.170. The zero-order chi connectivity index (χ0) is 15.7. The van der Waals surface area contributed by atoms with Gasteiger partial charge in [-0.15, -0.1) is 0 Å². The highest BCUT2D eigenvalue weighted by Crippen LogP contribution is 2.17. The van der Waals surface area contributed by atoms with Gasteiger partial charge in [0.05, 0.1) is 11.0 Å².